The van der Waals surface area contributed by atoms with Crippen LogP contribution in [0.5, 0.6) is 0 Å². The van der Waals surface area contributed by atoms with Gasteiger partial charge in [-0.2, -0.15) is 0 Å². The Morgan fingerprint density at radius 3 is 2.36 bits per heavy atom. The highest BCUT2D eigenvalue weighted by atomic mass is 19.1. The molecular weight excluding hydrogens is 285 g/mol. The number of hydrogen-bond donors (Lipinski definition) is 0. The SMILES string of the molecule is COC(=O)c1ccccc1CN(C)C(=O)c1ccc(F)cc1. The molecule has 0 N–H and O–H groups in total. The lowest BCUT2D eigenvalue weighted by Gasteiger charge is -2.18. The van der Waals surface area contributed by atoms with Gasteiger partial charge in [-0.25, -0.2) is 9.18 Å². The average Bonchev–Trinajstić information content (AvgIpc) is 2.54. The van der Waals surface area contributed by atoms with Gasteiger partial charge in [-0.15, -0.1) is 0 Å². The Morgan fingerprint density at radius 2 is 1.73 bits per heavy atom. The first kappa shape index (κ1) is 15.7. The van der Waals surface area contributed by atoms with Crippen molar-refractivity contribution < 1.29 is 18.7 Å². The molecule has 0 saturated carbocycles. The van der Waals surface area contributed by atoms with Gasteiger partial charge >= 0.3 is 5.97 Å². The zero-order valence-corrected chi connectivity index (χ0v) is 12.4. The maximum absolute atomic E-state index is 12.9. The summed E-state index contributed by atoms with van der Waals surface area (Å²) >= 11 is 0. The molecule has 0 unspecified atom stereocenters. The van der Waals surface area contributed by atoms with Crippen LogP contribution in [0.25, 0.3) is 0 Å². The highest BCUT2D eigenvalue weighted by molar-refractivity contribution is 5.94. The van der Waals surface area contributed by atoms with E-state index in [0.717, 1.165) is 0 Å². The molecular formula is C17H16FNO3. The van der Waals surface area contributed by atoms with Crippen LogP contribution in [-0.4, -0.2) is 30.9 Å². The highest BCUT2D eigenvalue weighted by Gasteiger charge is 2.16. The van der Waals surface area contributed by atoms with E-state index in [4.69, 9.17) is 4.74 Å². The van der Waals surface area contributed by atoms with Crippen molar-refractivity contribution in [3.8, 4) is 0 Å². The van der Waals surface area contributed by atoms with Crippen LogP contribution in [0, 0.1) is 5.82 Å². The zero-order valence-electron chi connectivity index (χ0n) is 12.4. The van der Waals surface area contributed by atoms with E-state index in [9.17, 15) is 14.0 Å². The fraction of sp³-hybridized carbons (Fsp3) is 0.176. The maximum atomic E-state index is 12.9. The third-order valence-electron chi connectivity index (χ3n) is 3.27. The summed E-state index contributed by atoms with van der Waals surface area (Å²) in [5.74, 6) is -1.09. The molecule has 2 rings (SSSR count). The van der Waals surface area contributed by atoms with Crippen molar-refractivity contribution in [1.29, 1.82) is 0 Å². The van der Waals surface area contributed by atoms with Crippen LogP contribution < -0.4 is 0 Å². The summed E-state index contributed by atoms with van der Waals surface area (Å²) in [5, 5.41) is 0. The van der Waals surface area contributed by atoms with Gasteiger partial charge in [0.05, 0.1) is 12.7 Å². The van der Waals surface area contributed by atoms with E-state index < -0.39 is 11.8 Å². The molecule has 5 heteroatoms. The second-order valence-corrected chi connectivity index (χ2v) is 4.82. The number of rotatable bonds is 4. The molecule has 0 aliphatic rings. The van der Waals surface area contributed by atoms with Crippen LogP contribution in [0.4, 0.5) is 4.39 Å². The van der Waals surface area contributed by atoms with Crippen molar-refractivity contribution in [2.75, 3.05) is 14.2 Å². The maximum Gasteiger partial charge on any atom is 0.338 e. The van der Waals surface area contributed by atoms with Crippen LogP contribution in [0.1, 0.15) is 26.3 Å². The second-order valence-electron chi connectivity index (χ2n) is 4.82. The molecule has 2 aromatic rings. The summed E-state index contributed by atoms with van der Waals surface area (Å²) in [6.07, 6.45) is 0. The molecule has 0 aliphatic carbocycles. The van der Waals surface area contributed by atoms with Crippen molar-refractivity contribution in [1.82, 2.24) is 4.90 Å². The molecule has 0 spiro atoms. The molecule has 0 aromatic heterocycles. The normalized spacial score (nSPS) is 10.1. The Balaban J connectivity index is 2.18. The quantitative estimate of drug-likeness (QED) is 0.816. The van der Waals surface area contributed by atoms with Gasteiger partial charge in [0.15, 0.2) is 0 Å². The number of methoxy groups -OCH3 is 1. The molecule has 114 valence electrons. The number of amides is 1. The summed E-state index contributed by atoms with van der Waals surface area (Å²) < 4.78 is 17.6. The molecule has 22 heavy (non-hydrogen) atoms. The summed E-state index contributed by atoms with van der Waals surface area (Å²) in [7, 11) is 2.94. The van der Waals surface area contributed by atoms with Gasteiger partial charge in [-0.05, 0) is 35.9 Å². The molecule has 0 bridgehead atoms. The Morgan fingerprint density at radius 1 is 1.09 bits per heavy atom. The topological polar surface area (TPSA) is 46.6 Å². The van der Waals surface area contributed by atoms with Crippen molar-refractivity contribution in [2.24, 2.45) is 0 Å². The number of nitrogens with zero attached hydrogens (tertiary/aromatic N) is 1. The van der Waals surface area contributed by atoms with E-state index in [1.165, 1.54) is 36.3 Å². The number of carbonyl (C=O) groups is 2. The van der Waals surface area contributed by atoms with Crippen LogP contribution in [0.15, 0.2) is 48.5 Å². The molecule has 4 nitrogen and oxygen atoms in total. The van der Waals surface area contributed by atoms with E-state index in [-0.39, 0.29) is 12.5 Å². The van der Waals surface area contributed by atoms with Crippen LogP contribution >= 0.6 is 0 Å². The van der Waals surface area contributed by atoms with E-state index in [0.29, 0.717) is 16.7 Å². The van der Waals surface area contributed by atoms with Crippen LogP contribution in [0.2, 0.25) is 0 Å². The number of benzene rings is 2. The first-order valence-electron chi connectivity index (χ1n) is 6.70. The van der Waals surface area contributed by atoms with Crippen molar-refractivity contribution in [3.63, 3.8) is 0 Å². The predicted octanol–water partition coefficient (Wildman–Crippen LogP) is 2.88. The molecule has 0 radical (unpaired) electrons. The van der Waals surface area contributed by atoms with Gasteiger partial charge in [0.25, 0.3) is 5.91 Å². The van der Waals surface area contributed by atoms with E-state index in [1.54, 1.807) is 31.3 Å². The van der Waals surface area contributed by atoms with Crippen LogP contribution in [-0.2, 0) is 11.3 Å². The van der Waals surface area contributed by atoms with Crippen molar-refractivity contribution >= 4 is 11.9 Å². The predicted molar refractivity (Wildman–Crippen MR) is 80.0 cm³/mol. The number of hydrogen-bond acceptors (Lipinski definition) is 3. The fourth-order valence-electron chi connectivity index (χ4n) is 2.11. The fourth-order valence-corrected chi connectivity index (χ4v) is 2.11. The lowest BCUT2D eigenvalue weighted by molar-refractivity contribution is 0.0595. The minimum Gasteiger partial charge on any atom is -0.465 e. The monoisotopic (exact) mass is 301 g/mol. The summed E-state index contributed by atoms with van der Waals surface area (Å²) in [6, 6.07) is 12.3. The Labute approximate surface area is 128 Å². The summed E-state index contributed by atoms with van der Waals surface area (Å²) in [6.45, 7) is 0.251. The Hall–Kier alpha value is -2.69. The zero-order chi connectivity index (χ0) is 16.1. The number of carbonyl (C=O) groups excluding carboxylic acids is 2. The first-order valence-corrected chi connectivity index (χ1v) is 6.70. The minimum absolute atomic E-state index is 0.250. The highest BCUT2D eigenvalue weighted by Crippen LogP contribution is 2.14. The van der Waals surface area contributed by atoms with E-state index >= 15 is 0 Å². The van der Waals surface area contributed by atoms with Gasteiger partial charge in [0.2, 0.25) is 0 Å². The van der Waals surface area contributed by atoms with Crippen LogP contribution in [0.3, 0.4) is 0 Å². The van der Waals surface area contributed by atoms with E-state index in [1.807, 2.05) is 0 Å². The lowest BCUT2D eigenvalue weighted by Crippen LogP contribution is -2.27. The molecule has 0 atom stereocenters. The van der Waals surface area contributed by atoms with E-state index in [2.05, 4.69) is 0 Å². The second kappa shape index (κ2) is 6.85. The average molecular weight is 301 g/mol. The molecule has 0 heterocycles. The molecule has 1 amide bonds. The van der Waals surface area contributed by atoms with Gasteiger partial charge in [0, 0.05) is 19.2 Å². The van der Waals surface area contributed by atoms with Crippen molar-refractivity contribution in [3.05, 3.63) is 71.0 Å². The number of esters is 1. The molecule has 0 fully saturated rings. The largest absolute Gasteiger partial charge is 0.465 e. The Bertz CT molecular complexity index is 683. The smallest absolute Gasteiger partial charge is 0.338 e. The van der Waals surface area contributed by atoms with Gasteiger partial charge in [-0.1, -0.05) is 18.2 Å². The first-order chi connectivity index (χ1) is 10.5. The van der Waals surface area contributed by atoms with Gasteiger partial charge < -0.3 is 9.64 Å². The number of halogens is 1. The third-order valence-corrected chi connectivity index (χ3v) is 3.27. The molecule has 2 aromatic carbocycles. The third kappa shape index (κ3) is 3.49. The van der Waals surface area contributed by atoms with Gasteiger partial charge in [0.1, 0.15) is 5.82 Å². The number of ether oxygens (including phenoxy) is 1. The van der Waals surface area contributed by atoms with Gasteiger partial charge in [-0.3, -0.25) is 4.79 Å². The van der Waals surface area contributed by atoms with Crippen molar-refractivity contribution in [2.45, 2.75) is 6.54 Å². The Kier molecular flexibility index (Phi) is 4.88. The summed E-state index contributed by atoms with van der Waals surface area (Å²) in [4.78, 5) is 25.5. The molecule has 0 aliphatic heterocycles. The minimum atomic E-state index is -0.446. The summed E-state index contributed by atoms with van der Waals surface area (Å²) in [5.41, 5.74) is 1.50. The molecule has 0 saturated heterocycles. The standard InChI is InChI=1S/C17H16FNO3/c1-19(16(20)12-7-9-14(18)10-8-12)11-13-5-3-4-6-15(13)17(21)22-2/h3-10H,11H2,1-2H3. The lowest BCUT2D eigenvalue weighted by atomic mass is 10.1.